The number of hydrogen-bond acceptors (Lipinski definition) is 3. The molecule has 4 heterocycles. The van der Waals surface area contributed by atoms with Gasteiger partial charge in [-0.05, 0) is 37.2 Å². The Morgan fingerprint density at radius 2 is 1.63 bits per heavy atom. The molecule has 27 heavy (non-hydrogen) atoms. The predicted octanol–water partition coefficient (Wildman–Crippen LogP) is 2.81. The number of hydrogen-bond donors (Lipinski definition) is 0. The maximum atomic E-state index is 13.0. The summed E-state index contributed by atoms with van der Waals surface area (Å²) in [5.74, 6) is 0.858. The summed E-state index contributed by atoms with van der Waals surface area (Å²) in [4.78, 5) is 30.0. The molecule has 0 unspecified atom stereocenters. The quantitative estimate of drug-likeness (QED) is 0.819. The minimum atomic E-state index is 0.111. The van der Waals surface area contributed by atoms with E-state index in [0.717, 1.165) is 25.7 Å². The molecule has 5 heteroatoms. The van der Waals surface area contributed by atoms with E-state index < -0.39 is 0 Å². The minimum Gasteiger partial charge on any atom is -0.381 e. The van der Waals surface area contributed by atoms with Gasteiger partial charge in [0.15, 0.2) is 0 Å². The van der Waals surface area contributed by atoms with Crippen LogP contribution in [0.15, 0.2) is 30.3 Å². The first-order chi connectivity index (χ1) is 13.1. The van der Waals surface area contributed by atoms with Gasteiger partial charge in [-0.1, -0.05) is 37.3 Å². The molecule has 4 saturated heterocycles. The van der Waals surface area contributed by atoms with E-state index in [4.69, 9.17) is 4.74 Å². The van der Waals surface area contributed by atoms with E-state index in [1.807, 2.05) is 18.2 Å². The van der Waals surface area contributed by atoms with E-state index in [-0.39, 0.29) is 35.7 Å². The lowest BCUT2D eigenvalue weighted by molar-refractivity contribution is -0.156. The van der Waals surface area contributed by atoms with Gasteiger partial charge < -0.3 is 14.5 Å². The first-order valence-corrected chi connectivity index (χ1v) is 10.4. The maximum absolute atomic E-state index is 13.0. The van der Waals surface area contributed by atoms with Crippen LogP contribution < -0.4 is 0 Å². The molecule has 2 bridgehead atoms. The van der Waals surface area contributed by atoms with Crippen molar-refractivity contribution in [3.63, 3.8) is 0 Å². The lowest BCUT2D eigenvalue weighted by atomic mass is 9.87. The predicted molar refractivity (Wildman–Crippen MR) is 103 cm³/mol. The Labute approximate surface area is 161 Å². The molecular formula is C22H30N2O3. The molecule has 4 fully saturated rings. The Kier molecular flexibility index (Phi) is 5.48. The summed E-state index contributed by atoms with van der Waals surface area (Å²) in [6.45, 7) is 4.93. The molecule has 1 aromatic carbocycles. The van der Waals surface area contributed by atoms with E-state index in [2.05, 4.69) is 28.9 Å². The molecule has 0 radical (unpaired) electrons. The molecule has 5 rings (SSSR count). The Hall–Kier alpha value is -1.88. The van der Waals surface area contributed by atoms with Crippen LogP contribution in [0.3, 0.4) is 0 Å². The summed E-state index contributed by atoms with van der Waals surface area (Å²) in [6.07, 6.45) is 4.26. The van der Waals surface area contributed by atoms with Crippen LogP contribution in [-0.2, 0) is 14.3 Å². The Morgan fingerprint density at radius 1 is 1.00 bits per heavy atom. The average Bonchev–Trinajstić information content (AvgIpc) is 2.74. The molecule has 0 saturated carbocycles. The number of piperidine rings is 2. The second-order valence-corrected chi connectivity index (χ2v) is 8.32. The van der Waals surface area contributed by atoms with Gasteiger partial charge in [0.1, 0.15) is 0 Å². The highest BCUT2D eigenvalue weighted by Crippen LogP contribution is 2.33. The zero-order chi connectivity index (χ0) is 18.8. The average molecular weight is 370 g/mol. The second kappa shape index (κ2) is 8.01. The summed E-state index contributed by atoms with van der Waals surface area (Å²) in [5.41, 5.74) is 1.21. The number of ether oxygens (including phenoxy) is 1. The number of piperazine rings is 1. The van der Waals surface area contributed by atoms with Crippen LogP contribution in [-0.4, -0.2) is 60.0 Å². The SMILES string of the molecule is C[C@@H](CC(=O)N1C[C@H]2CC[C@@H]1CN2C(=O)C1CCOCC1)c1ccccc1. The Morgan fingerprint density at radius 3 is 2.26 bits per heavy atom. The smallest absolute Gasteiger partial charge is 0.226 e. The standard InChI is InChI=1S/C22H30N2O3/c1-16(17-5-3-2-4-6-17)13-21(25)23-14-20-8-7-19(23)15-24(20)22(26)18-9-11-27-12-10-18/h2-6,16,18-20H,7-15H2,1H3/t16-,19+,20+/m0/s1. The second-order valence-electron chi connectivity index (χ2n) is 8.32. The molecule has 0 N–H and O–H groups in total. The molecule has 1 aromatic rings. The van der Waals surface area contributed by atoms with Crippen LogP contribution in [0.2, 0.25) is 0 Å². The third-order valence-electron chi connectivity index (χ3n) is 6.55. The van der Waals surface area contributed by atoms with Gasteiger partial charge in [-0.3, -0.25) is 9.59 Å². The van der Waals surface area contributed by atoms with Crippen molar-refractivity contribution >= 4 is 11.8 Å². The molecule has 0 aromatic heterocycles. The van der Waals surface area contributed by atoms with Gasteiger partial charge in [0.2, 0.25) is 11.8 Å². The van der Waals surface area contributed by atoms with Gasteiger partial charge in [-0.25, -0.2) is 0 Å². The lowest BCUT2D eigenvalue weighted by Gasteiger charge is -2.52. The van der Waals surface area contributed by atoms with E-state index in [1.54, 1.807) is 0 Å². The molecule has 4 aliphatic heterocycles. The summed E-state index contributed by atoms with van der Waals surface area (Å²) >= 11 is 0. The van der Waals surface area contributed by atoms with Crippen molar-refractivity contribution in [2.24, 2.45) is 5.92 Å². The zero-order valence-corrected chi connectivity index (χ0v) is 16.2. The largest absolute Gasteiger partial charge is 0.381 e. The molecule has 146 valence electrons. The fourth-order valence-electron chi connectivity index (χ4n) is 4.86. The van der Waals surface area contributed by atoms with Crippen molar-refractivity contribution in [1.82, 2.24) is 9.80 Å². The van der Waals surface area contributed by atoms with Crippen molar-refractivity contribution in [2.75, 3.05) is 26.3 Å². The van der Waals surface area contributed by atoms with Gasteiger partial charge in [0, 0.05) is 50.7 Å². The zero-order valence-electron chi connectivity index (χ0n) is 16.2. The number of rotatable bonds is 4. The van der Waals surface area contributed by atoms with Crippen molar-refractivity contribution in [1.29, 1.82) is 0 Å². The highest BCUT2D eigenvalue weighted by atomic mass is 16.5. The monoisotopic (exact) mass is 370 g/mol. The van der Waals surface area contributed by atoms with Gasteiger partial charge in [-0.2, -0.15) is 0 Å². The Bertz CT molecular complexity index is 671. The van der Waals surface area contributed by atoms with E-state index in [0.29, 0.717) is 32.7 Å². The van der Waals surface area contributed by atoms with Crippen molar-refractivity contribution < 1.29 is 14.3 Å². The van der Waals surface area contributed by atoms with Crippen LogP contribution in [0.1, 0.15) is 50.5 Å². The van der Waals surface area contributed by atoms with Gasteiger partial charge in [0.25, 0.3) is 0 Å². The van der Waals surface area contributed by atoms with Crippen molar-refractivity contribution in [3.05, 3.63) is 35.9 Å². The summed E-state index contributed by atoms with van der Waals surface area (Å²) < 4.78 is 5.40. The molecule has 2 amide bonds. The van der Waals surface area contributed by atoms with Gasteiger partial charge in [0.05, 0.1) is 0 Å². The van der Waals surface area contributed by atoms with Crippen LogP contribution in [0.25, 0.3) is 0 Å². The number of benzene rings is 1. The van der Waals surface area contributed by atoms with E-state index in [1.165, 1.54) is 5.56 Å². The number of amides is 2. The van der Waals surface area contributed by atoms with E-state index >= 15 is 0 Å². The van der Waals surface area contributed by atoms with Crippen LogP contribution in [0.5, 0.6) is 0 Å². The molecule has 3 atom stereocenters. The van der Waals surface area contributed by atoms with Crippen LogP contribution in [0, 0.1) is 5.92 Å². The summed E-state index contributed by atoms with van der Waals surface area (Å²) in [7, 11) is 0. The lowest BCUT2D eigenvalue weighted by Crippen LogP contribution is -2.65. The van der Waals surface area contributed by atoms with E-state index in [9.17, 15) is 9.59 Å². The molecule has 0 aliphatic carbocycles. The Balaban J connectivity index is 1.37. The first-order valence-electron chi connectivity index (χ1n) is 10.4. The van der Waals surface area contributed by atoms with Gasteiger partial charge in [-0.15, -0.1) is 0 Å². The number of carbonyl (C=O) groups is 2. The fourth-order valence-corrected chi connectivity index (χ4v) is 4.86. The maximum Gasteiger partial charge on any atom is 0.226 e. The fraction of sp³-hybridized carbons (Fsp3) is 0.636. The summed E-state index contributed by atoms with van der Waals surface area (Å²) in [6, 6.07) is 10.6. The molecular weight excluding hydrogens is 340 g/mol. The molecule has 0 spiro atoms. The number of fused-ring (bicyclic) bond motifs is 3. The third kappa shape index (κ3) is 3.88. The van der Waals surface area contributed by atoms with Gasteiger partial charge >= 0.3 is 0 Å². The molecule has 5 nitrogen and oxygen atoms in total. The third-order valence-corrected chi connectivity index (χ3v) is 6.55. The van der Waals surface area contributed by atoms with Crippen molar-refractivity contribution in [3.8, 4) is 0 Å². The highest BCUT2D eigenvalue weighted by Gasteiger charge is 2.44. The minimum absolute atomic E-state index is 0.111. The van der Waals surface area contributed by atoms with Crippen LogP contribution in [0.4, 0.5) is 0 Å². The number of nitrogens with zero attached hydrogens (tertiary/aromatic N) is 2. The highest BCUT2D eigenvalue weighted by molar-refractivity contribution is 5.81. The summed E-state index contributed by atoms with van der Waals surface area (Å²) in [5, 5.41) is 0. The first kappa shape index (κ1) is 18.5. The topological polar surface area (TPSA) is 49.9 Å². The molecule has 4 aliphatic rings. The normalized spacial score (nSPS) is 26.9. The van der Waals surface area contributed by atoms with Crippen molar-refractivity contribution in [2.45, 2.75) is 57.0 Å². The van der Waals surface area contributed by atoms with Crippen LogP contribution >= 0.6 is 0 Å². The number of carbonyl (C=O) groups excluding carboxylic acids is 2.